The maximum Gasteiger partial charge on any atom is 0.265 e. The minimum absolute atomic E-state index is 0.0987. The van der Waals surface area contributed by atoms with Crippen LogP contribution in [0.25, 0.3) is 5.69 Å². The highest BCUT2D eigenvalue weighted by molar-refractivity contribution is 7.99. The molecule has 0 aliphatic heterocycles. The van der Waals surface area contributed by atoms with Gasteiger partial charge in [-0.2, -0.15) is 4.98 Å². The zero-order chi connectivity index (χ0) is 16.3. The van der Waals surface area contributed by atoms with E-state index in [1.165, 1.54) is 28.8 Å². The minimum Gasteiger partial charge on any atom is -0.493 e. The molecule has 0 bridgehead atoms. The van der Waals surface area contributed by atoms with Crippen molar-refractivity contribution in [3.8, 4) is 11.6 Å². The van der Waals surface area contributed by atoms with Crippen LogP contribution in [0.4, 0.5) is 4.39 Å². The first-order chi connectivity index (χ1) is 10.4. The lowest BCUT2D eigenvalue weighted by atomic mass is 10.2. The molecule has 0 saturated heterocycles. The van der Waals surface area contributed by atoms with Crippen LogP contribution in [0.2, 0.25) is 0 Å². The molecule has 0 aliphatic rings. The van der Waals surface area contributed by atoms with Crippen molar-refractivity contribution in [3.05, 3.63) is 46.0 Å². The second kappa shape index (κ2) is 6.61. The predicted molar refractivity (Wildman–Crippen MR) is 80.8 cm³/mol. The third-order valence-corrected chi connectivity index (χ3v) is 3.87. The van der Waals surface area contributed by atoms with Crippen molar-refractivity contribution in [2.24, 2.45) is 5.73 Å². The molecule has 22 heavy (non-hydrogen) atoms. The number of thioether (sulfide) groups is 1. The fourth-order valence-electron chi connectivity index (χ4n) is 1.89. The normalized spacial score (nSPS) is 10.6. The summed E-state index contributed by atoms with van der Waals surface area (Å²) in [6.07, 6.45) is 0.291. The van der Waals surface area contributed by atoms with E-state index in [0.29, 0.717) is 12.1 Å². The number of halogens is 1. The molecule has 8 heteroatoms. The van der Waals surface area contributed by atoms with Gasteiger partial charge in [0.1, 0.15) is 5.82 Å². The molecule has 0 radical (unpaired) electrons. The van der Waals surface area contributed by atoms with Crippen LogP contribution in [-0.2, 0) is 11.2 Å². The van der Waals surface area contributed by atoms with Gasteiger partial charge >= 0.3 is 0 Å². The zero-order valence-corrected chi connectivity index (χ0v) is 12.6. The molecule has 116 valence electrons. The Kier molecular flexibility index (Phi) is 4.81. The van der Waals surface area contributed by atoms with E-state index >= 15 is 0 Å². The van der Waals surface area contributed by atoms with Gasteiger partial charge in [0.15, 0.2) is 5.16 Å². The van der Waals surface area contributed by atoms with Crippen LogP contribution in [0.1, 0.15) is 12.5 Å². The molecule has 0 aliphatic carbocycles. The molecular weight excluding hydrogens is 309 g/mol. The summed E-state index contributed by atoms with van der Waals surface area (Å²) >= 11 is 0.925. The summed E-state index contributed by atoms with van der Waals surface area (Å²) in [4.78, 5) is 27.4. The summed E-state index contributed by atoms with van der Waals surface area (Å²) in [6.45, 7) is 1.71. The number of hydrogen-bond donors (Lipinski definition) is 2. The third kappa shape index (κ3) is 3.28. The number of rotatable bonds is 5. The van der Waals surface area contributed by atoms with E-state index in [4.69, 9.17) is 5.73 Å². The van der Waals surface area contributed by atoms with E-state index in [1.54, 1.807) is 6.92 Å². The number of nitrogens with zero attached hydrogens (tertiary/aromatic N) is 2. The number of aromatic hydroxyl groups is 1. The summed E-state index contributed by atoms with van der Waals surface area (Å²) in [7, 11) is 0. The Labute approximate surface area is 129 Å². The molecule has 0 unspecified atom stereocenters. The highest BCUT2D eigenvalue weighted by atomic mass is 32.2. The van der Waals surface area contributed by atoms with E-state index in [-0.39, 0.29) is 22.4 Å². The van der Waals surface area contributed by atoms with Gasteiger partial charge < -0.3 is 10.8 Å². The fraction of sp³-hybridized carbons (Fsp3) is 0.214. The van der Waals surface area contributed by atoms with Crippen LogP contribution in [0.5, 0.6) is 5.88 Å². The van der Waals surface area contributed by atoms with E-state index in [2.05, 4.69) is 4.98 Å². The molecule has 1 heterocycles. The van der Waals surface area contributed by atoms with Crippen molar-refractivity contribution in [1.29, 1.82) is 0 Å². The van der Waals surface area contributed by atoms with Gasteiger partial charge in [-0.1, -0.05) is 18.7 Å². The van der Waals surface area contributed by atoms with Crippen LogP contribution < -0.4 is 11.3 Å². The Morgan fingerprint density at radius 3 is 2.59 bits per heavy atom. The topological polar surface area (TPSA) is 98.2 Å². The van der Waals surface area contributed by atoms with Crippen LogP contribution in [0, 0.1) is 5.82 Å². The molecular formula is C14H14FN3O3S. The number of nitrogens with two attached hydrogens (primary N) is 1. The van der Waals surface area contributed by atoms with E-state index in [0.717, 1.165) is 11.8 Å². The van der Waals surface area contributed by atoms with Gasteiger partial charge in [0.25, 0.3) is 5.56 Å². The van der Waals surface area contributed by atoms with E-state index in [9.17, 15) is 19.1 Å². The molecule has 1 amide bonds. The number of carbonyl (C=O) groups excluding carboxylic acids is 1. The molecule has 1 aromatic heterocycles. The summed E-state index contributed by atoms with van der Waals surface area (Å²) in [6, 6.07) is 5.26. The SMILES string of the molecule is CCc1c(O)nc(SCC(N)=O)n(-c2ccc(F)cc2)c1=O. The third-order valence-electron chi connectivity index (χ3n) is 2.91. The molecule has 2 rings (SSSR count). The fourth-order valence-corrected chi connectivity index (χ4v) is 2.63. The smallest absolute Gasteiger partial charge is 0.265 e. The number of benzene rings is 1. The van der Waals surface area contributed by atoms with Crippen molar-refractivity contribution in [2.45, 2.75) is 18.5 Å². The average Bonchev–Trinajstić information content (AvgIpc) is 2.46. The van der Waals surface area contributed by atoms with Crippen LogP contribution in [-0.4, -0.2) is 26.3 Å². The molecule has 0 saturated carbocycles. The molecule has 2 aromatic rings. The number of carbonyl (C=O) groups is 1. The largest absolute Gasteiger partial charge is 0.493 e. The lowest BCUT2D eigenvalue weighted by molar-refractivity contribution is -0.115. The number of primary amides is 1. The molecule has 1 aromatic carbocycles. The summed E-state index contributed by atoms with van der Waals surface area (Å²) in [5.41, 5.74) is 5.17. The Morgan fingerprint density at radius 2 is 2.05 bits per heavy atom. The first-order valence-electron chi connectivity index (χ1n) is 6.46. The Bertz CT molecular complexity index is 759. The lowest BCUT2D eigenvalue weighted by Gasteiger charge is -2.13. The number of amides is 1. The highest BCUT2D eigenvalue weighted by Gasteiger charge is 2.17. The van der Waals surface area contributed by atoms with Crippen molar-refractivity contribution < 1.29 is 14.3 Å². The highest BCUT2D eigenvalue weighted by Crippen LogP contribution is 2.22. The van der Waals surface area contributed by atoms with Gasteiger partial charge in [0, 0.05) is 0 Å². The van der Waals surface area contributed by atoms with Crippen LogP contribution >= 0.6 is 11.8 Å². The Hall–Kier alpha value is -2.35. The zero-order valence-electron chi connectivity index (χ0n) is 11.7. The van der Waals surface area contributed by atoms with Gasteiger partial charge in [0.2, 0.25) is 11.8 Å². The first-order valence-corrected chi connectivity index (χ1v) is 7.44. The van der Waals surface area contributed by atoms with Crippen molar-refractivity contribution in [3.63, 3.8) is 0 Å². The van der Waals surface area contributed by atoms with Crippen molar-refractivity contribution in [2.75, 3.05) is 5.75 Å². The maximum atomic E-state index is 13.1. The molecule has 3 N–H and O–H groups in total. The summed E-state index contributed by atoms with van der Waals surface area (Å²) in [5.74, 6) is -1.49. The molecule has 0 spiro atoms. The van der Waals surface area contributed by atoms with Gasteiger partial charge in [-0.15, -0.1) is 0 Å². The summed E-state index contributed by atoms with van der Waals surface area (Å²) < 4.78 is 14.3. The molecule has 0 fully saturated rings. The standard InChI is InChI=1S/C14H14FN3O3S/c1-2-10-12(20)17-14(22-7-11(16)19)18(13(10)21)9-5-3-8(15)4-6-9/h3-6,20H,2,7H2,1H3,(H2,16,19). The van der Waals surface area contributed by atoms with Gasteiger partial charge in [-0.25, -0.2) is 4.39 Å². The van der Waals surface area contributed by atoms with Gasteiger partial charge in [-0.3, -0.25) is 14.2 Å². The quantitative estimate of drug-likeness (QED) is 0.637. The second-order valence-electron chi connectivity index (χ2n) is 4.42. The first kappa shape index (κ1) is 16.0. The Balaban J connectivity index is 2.64. The molecule has 0 atom stereocenters. The maximum absolute atomic E-state index is 13.1. The lowest BCUT2D eigenvalue weighted by Crippen LogP contribution is -2.25. The van der Waals surface area contributed by atoms with Crippen molar-refractivity contribution >= 4 is 17.7 Å². The minimum atomic E-state index is -0.580. The van der Waals surface area contributed by atoms with Gasteiger partial charge in [0.05, 0.1) is 17.0 Å². The molecule has 6 nitrogen and oxygen atoms in total. The van der Waals surface area contributed by atoms with Crippen LogP contribution in [0.15, 0.2) is 34.2 Å². The van der Waals surface area contributed by atoms with E-state index < -0.39 is 17.3 Å². The van der Waals surface area contributed by atoms with E-state index in [1.807, 2.05) is 0 Å². The summed E-state index contributed by atoms with van der Waals surface area (Å²) in [5, 5.41) is 9.95. The number of hydrogen-bond acceptors (Lipinski definition) is 5. The van der Waals surface area contributed by atoms with Crippen molar-refractivity contribution in [1.82, 2.24) is 9.55 Å². The van der Waals surface area contributed by atoms with Gasteiger partial charge in [-0.05, 0) is 30.7 Å². The average molecular weight is 323 g/mol. The predicted octanol–water partition coefficient (Wildman–Crippen LogP) is 1.22. The second-order valence-corrected chi connectivity index (χ2v) is 5.36. The Morgan fingerprint density at radius 1 is 1.41 bits per heavy atom. The number of aromatic nitrogens is 2. The monoisotopic (exact) mass is 323 g/mol. The van der Waals surface area contributed by atoms with Crippen LogP contribution in [0.3, 0.4) is 0 Å².